The number of carbonyl (C=O) groups is 1. The van der Waals surface area contributed by atoms with Gasteiger partial charge in [0.15, 0.2) is 0 Å². The summed E-state index contributed by atoms with van der Waals surface area (Å²) in [6.07, 6.45) is 2.11. The van der Waals surface area contributed by atoms with Gasteiger partial charge >= 0.3 is 0 Å². The van der Waals surface area contributed by atoms with Gasteiger partial charge in [0, 0.05) is 24.7 Å². The predicted octanol–water partition coefficient (Wildman–Crippen LogP) is 2.47. The molecule has 1 saturated heterocycles. The van der Waals surface area contributed by atoms with Crippen LogP contribution in [0.2, 0.25) is 0 Å². The fraction of sp³-hybridized carbons (Fsp3) is 0.412. The number of aryl methyl sites for hydroxylation is 1. The van der Waals surface area contributed by atoms with E-state index < -0.39 is 0 Å². The van der Waals surface area contributed by atoms with Crippen molar-refractivity contribution < 1.29 is 9.21 Å². The number of likely N-dealkylation sites (tertiary alicyclic amines) is 1. The Bertz CT molecular complexity index is 651. The van der Waals surface area contributed by atoms with Gasteiger partial charge < -0.3 is 14.6 Å². The Morgan fingerprint density at radius 1 is 1.36 bits per heavy atom. The van der Waals surface area contributed by atoms with Crippen LogP contribution in [0.4, 0.5) is 0 Å². The van der Waals surface area contributed by atoms with E-state index in [2.05, 4.69) is 10.3 Å². The Kier molecular flexibility index (Phi) is 4.24. The van der Waals surface area contributed by atoms with Crippen LogP contribution in [-0.4, -0.2) is 42.0 Å². The van der Waals surface area contributed by atoms with Crippen LogP contribution >= 0.6 is 0 Å². The molecule has 1 fully saturated rings. The van der Waals surface area contributed by atoms with Gasteiger partial charge in [-0.1, -0.05) is 18.2 Å². The van der Waals surface area contributed by atoms with Gasteiger partial charge in [-0.25, -0.2) is 4.98 Å². The first kappa shape index (κ1) is 14.8. The molecule has 1 aromatic carbocycles. The van der Waals surface area contributed by atoms with Gasteiger partial charge in [0.25, 0.3) is 5.91 Å². The molecule has 3 rings (SSSR count). The van der Waals surface area contributed by atoms with Crippen molar-refractivity contribution in [3.05, 3.63) is 41.8 Å². The molecular formula is C17H21N3O2. The molecular weight excluding hydrogens is 278 g/mol. The van der Waals surface area contributed by atoms with Gasteiger partial charge in [-0.3, -0.25) is 4.79 Å². The molecule has 1 unspecified atom stereocenters. The second-order valence-electron chi connectivity index (χ2n) is 5.68. The molecule has 0 spiro atoms. The van der Waals surface area contributed by atoms with E-state index in [0.29, 0.717) is 23.4 Å². The number of oxazole rings is 1. The molecule has 0 radical (unpaired) electrons. The molecule has 1 atom stereocenters. The molecule has 5 nitrogen and oxygen atoms in total. The number of carbonyl (C=O) groups excluding carboxylic acids is 1. The monoisotopic (exact) mass is 299 g/mol. The van der Waals surface area contributed by atoms with Gasteiger partial charge in [0.2, 0.25) is 11.7 Å². The lowest BCUT2D eigenvalue weighted by Gasteiger charge is -2.32. The molecule has 116 valence electrons. The SMILES string of the molecule is CNC1CCCN(C(=O)c2oc(-c3ccccc3)nc2C)C1. The van der Waals surface area contributed by atoms with Crippen LogP contribution in [0.5, 0.6) is 0 Å². The summed E-state index contributed by atoms with van der Waals surface area (Å²) in [5.41, 5.74) is 1.53. The largest absolute Gasteiger partial charge is 0.431 e. The number of nitrogens with zero attached hydrogens (tertiary/aromatic N) is 2. The minimum Gasteiger partial charge on any atom is -0.431 e. The standard InChI is InChI=1S/C17H21N3O2/c1-12-15(17(21)20-10-6-9-14(11-20)18-2)22-16(19-12)13-7-4-3-5-8-13/h3-5,7-8,14,18H,6,9-11H2,1-2H3. The molecule has 1 aliphatic rings. The van der Waals surface area contributed by atoms with Gasteiger partial charge in [0.1, 0.15) is 0 Å². The van der Waals surface area contributed by atoms with Crippen molar-refractivity contribution in [2.24, 2.45) is 0 Å². The summed E-state index contributed by atoms with van der Waals surface area (Å²) in [4.78, 5) is 19.0. The van der Waals surface area contributed by atoms with E-state index >= 15 is 0 Å². The van der Waals surface area contributed by atoms with Crippen LogP contribution < -0.4 is 5.32 Å². The number of nitrogens with one attached hydrogen (secondary N) is 1. The highest BCUT2D eigenvalue weighted by Crippen LogP contribution is 2.23. The van der Waals surface area contributed by atoms with Crippen molar-refractivity contribution in [2.45, 2.75) is 25.8 Å². The highest BCUT2D eigenvalue weighted by atomic mass is 16.4. The Balaban J connectivity index is 1.83. The second-order valence-corrected chi connectivity index (χ2v) is 5.68. The number of rotatable bonds is 3. The lowest BCUT2D eigenvalue weighted by molar-refractivity contribution is 0.0666. The van der Waals surface area contributed by atoms with Crippen molar-refractivity contribution in [3.8, 4) is 11.5 Å². The quantitative estimate of drug-likeness (QED) is 0.946. The zero-order valence-corrected chi connectivity index (χ0v) is 13.0. The molecule has 22 heavy (non-hydrogen) atoms. The normalized spacial score (nSPS) is 18.5. The van der Waals surface area contributed by atoms with E-state index in [1.165, 1.54) is 0 Å². The smallest absolute Gasteiger partial charge is 0.291 e. The van der Waals surface area contributed by atoms with Crippen LogP contribution in [0.25, 0.3) is 11.5 Å². The Morgan fingerprint density at radius 2 is 2.14 bits per heavy atom. The first-order chi connectivity index (χ1) is 10.7. The molecule has 0 saturated carbocycles. The minimum atomic E-state index is -0.0628. The third-order valence-electron chi connectivity index (χ3n) is 4.13. The third-order valence-corrected chi connectivity index (χ3v) is 4.13. The number of hydrogen-bond acceptors (Lipinski definition) is 4. The second kappa shape index (κ2) is 6.32. The van der Waals surface area contributed by atoms with E-state index in [9.17, 15) is 4.79 Å². The molecule has 1 aromatic heterocycles. The third kappa shape index (κ3) is 2.90. The molecule has 2 aromatic rings. The fourth-order valence-corrected chi connectivity index (χ4v) is 2.84. The zero-order valence-electron chi connectivity index (χ0n) is 13.0. The number of hydrogen-bond donors (Lipinski definition) is 1. The van der Waals surface area contributed by atoms with Gasteiger partial charge in [0.05, 0.1) is 5.69 Å². The van der Waals surface area contributed by atoms with E-state index in [4.69, 9.17) is 4.42 Å². The maximum absolute atomic E-state index is 12.7. The summed E-state index contributed by atoms with van der Waals surface area (Å²) in [5.74, 6) is 0.798. The lowest BCUT2D eigenvalue weighted by Crippen LogP contribution is -2.47. The predicted molar refractivity (Wildman–Crippen MR) is 84.7 cm³/mol. The van der Waals surface area contributed by atoms with Crippen molar-refractivity contribution in [1.82, 2.24) is 15.2 Å². The molecule has 2 heterocycles. The Labute approximate surface area is 130 Å². The average molecular weight is 299 g/mol. The average Bonchev–Trinajstić information content (AvgIpc) is 2.97. The summed E-state index contributed by atoms with van der Waals surface area (Å²) in [6.45, 7) is 3.32. The molecule has 0 bridgehead atoms. The Hall–Kier alpha value is -2.14. The van der Waals surface area contributed by atoms with Crippen molar-refractivity contribution >= 4 is 5.91 Å². The van der Waals surface area contributed by atoms with E-state index in [1.54, 1.807) is 0 Å². The fourth-order valence-electron chi connectivity index (χ4n) is 2.84. The first-order valence-corrected chi connectivity index (χ1v) is 7.68. The number of aromatic nitrogens is 1. The van der Waals surface area contributed by atoms with Crippen LogP contribution in [0.15, 0.2) is 34.7 Å². The lowest BCUT2D eigenvalue weighted by atomic mass is 10.1. The molecule has 1 N–H and O–H groups in total. The maximum atomic E-state index is 12.7. The van der Waals surface area contributed by atoms with Gasteiger partial charge in [-0.05, 0) is 38.9 Å². The number of likely N-dealkylation sites (N-methyl/N-ethyl adjacent to an activating group) is 1. The van der Waals surface area contributed by atoms with Crippen molar-refractivity contribution in [1.29, 1.82) is 0 Å². The van der Waals surface area contributed by atoms with Crippen molar-refractivity contribution in [2.75, 3.05) is 20.1 Å². The van der Waals surface area contributed by atoms with Crippen LogP contribution in [0, 0.1) is 6.92 Å². The first-order valence-electron chi connectivity index (χ1n) is 7.68. The van der Waals surface area contributed by atoms with Crippen molar-refractivity contribution in [3.63, 3.8) is 0 Å². The molecule has 1 aliphatic heterocycles. The van der Waals surface area contributed by atoms with E-state index in [-0.39, 0.29) is 5.91 Å². The molecule has 0 aliphatic carbocycles. The molecule has 1 amide bonds. The maximum Gasteiger partial charge on any atom is 0.291 e. The summed E-state index contributed by atoms with van der Waals surface area (Å²) >= 11 is 0. The Morgan fingerprint density at radius 3 is 2.86 bits per heavy atom. The van der Waals surface area contributed by atoms with E-state index in [1.807, 2.05) is 49.2 Å². The van der Waals surface area contributed by atoms with Crippen LogP contribution in [0.3, 0.4) is 0 Å². The summed E-state index contributed by atoms with van der Waals surface area (Å²) in [5, 5.41) is 3.25. The van der Waals surface area contributed by atoms with Gasteiger partial charge in [-0.2, -0.15) is 0 Å². The van der Waals surface area contributed by atoms with Crippen LogP contribution in [-0.2, 0) is 0 Å². The number of benzene rings is 1. The minimum absolute atomic E-state index is 0.0628. The van der Waals surface area contributed by atoms with Gasteiger partial charge in [-0.15, -0.1) is 0 Å². The topological polar surface area (TPSA) is 58.4 Å². The highest BCUT2D eigenvalue weighted by Gasteiger charge is 2.27. The molecule has 5 heteroatoms. The summed E-state index contributed by atoms with van der Waals surface area (Å²) in [6, 6.07) is 10.0. The highest BCUT2D eigenvalue weighted by molar-refractivity contribution is 5.93. The summed E-state index contributed by atoms with van der Waals surface area (Å²) in [7, 11) is 1.94. The number of piperidine rings is 1. The summed E-state index contributed by atoms with van der Waals surface area (Å²) < 4.78 is 5.76. The van der Waals surface area contributed by atoms with E-state index in [0.717, 1.165) is 31.5 Å². The van der Waals surface area contributed by atoms with Crippen LogP contribution in [0.1, 0.15) is 29.1 Å². The zero-order chi connectivity index (χ0) is 15.5. The number of amides is 1.